The molecule has 2 aromatic heterocycles. The van der Waals surface area contributed by atoms with E-state index in [0.717, 1.165) is 41.8 Å². The van der Waals surface area contributed by atoms with Gasteiger partial charge < -0.3 is 9.80 Å². The SMILES string of the molecule is CSc1ncc2c(n1)N1CCC[C@H]1CN(c1cccc3ncccc13)C2=O. The molecule has 2 aliphatic rings. The van der Waals surface area contributed by atoms with Gasteiger partial charge in [0.1, 0.15) is 11.4 Å². The molecule has 0 aliphatic carbocycles. The summed E-state index contributed by atoms with van der Waals surface area (Å²) in [5.41, 5.74) is 2.38. The van der Waals surface area contributed by atoms with Crippen LogP contribution in [0, 0.1) is 0 Å². The normalized spacial score (nSPS) is 19.1. The highest BCUT2D eigenvalue weighted by Gasteiger charge is 2.37. The number of fused-ring (bicyclic) bond motifs is 4. The number of benzene rings is 1. The predicted molar refractivity (Wildman–Crippen MR) is 108 cm³/mol. The van der Waals surface area contributed by atoms with E-state index >= 15 is 0 Å². The van der Waals surface area contributed by atoms with Gasteiger partial charge >= 0.3 is 0 Å². The molecule has 0 radical (unpaired) electrons. The predicted octanol–water partition coefficient (Wildman–Crippen LogP) is 3.38. The van der Waals surface area contributed by atoms with Crippen molar-refractivity contribution in [3.05, 3.63) is 48.3 Å². The van der Waals surface area contributed by atoms with Crippen LogP contribution in [-0.4, -0.2) is 46.2 Å². The highest BCUT2D eigenvalue weighted by atomic mass is 32.2. The quantitative estimate of drug-likeness (QED) is 0.504. The van der Waals surface area contributed by atoms with Crippen LogP contribution in [0.25, 0.3) is 10.9 Å². The van der Waals surface area contributed by atoms with E-state index in [0.29, 0.717) is 17.3 Å². The molecule has 5 rings (SSSR count). The van der Waals surface area contributed by atoms with Crippen molar-refractivity contribution in [2.24, 2.45) is 0 Å². The molecule has 0 saturated carbocycles. The summed E-state index contributed by atoms with van der Waals surface area (Å²) in [7, 11) is 0. The molecule has 0 spiro atoms. The summed E-state index contributed by atoms with van der Waals surface area (Å²) in [5.74, 6) is 0.742. The van der Waals surface area contributed by atoms with Gasteiger partial charge in [-0.05, 0) is 43.4 Å². The highest BCUT2D eigenvalue weighted by molar-refractivity contribution is 7.98. The van der Waals surface area contributed by atoms with E-state index in [4.69, 9.17) is 4.98 Å². The summed E-state index contributed by atoms with van der Waals surface area (Å²) >= 11 is 1.50. The second-order valence-corrected chi connectivity index (χ2v) is 7.62. The number of hydrogen-bond donors (Lipinski definition) is 0. The molecule has 0 bridgehead atoms. The monoisotopic (exact) mass is 377 g/mol. The van der Waals surface area contributed by atoms with Crippen molar-refractivity contribution >= 4 is 40.1 Å². The average molecular weight is 377 g/mol. The van der Waals surface area contributed by atoms with E-state index in [1.165, 1.54) is 11.8 Å². The van der Waals surface area contributed by atoms with Crippen molar-refractivity contribution in [1.29, 1.82) is 0 Å². The van der Waals surface area contributed by atoms with Gasteiger partial charge in [0.15, 0.2) is 5.16 Å². The number of hydrogen-bond acceptors (Lipinski definition) is 6. The lowest BCUT2D eigenvalue weighted by Crippen LogP contribution is -2.39. The zero-order chi connectivity index (χ0) is 18.4. The minimum Gasteiger partial charge on any atom is -0.351 e. The third kappa shape index (κ3) is 2.65. The van der Waals surface area contributed by atoms with E-state index in [-0.39, 0.29) is 11.9 Å². The van der Waals surface area contributed by atoms with E-state index in [9.17, 15) is 4.79 Å². The Kier molecular flexibility index (Phi) is 3.97. The summed E-state index contributed by atoms with van der Waals surface area (Å²) in [6.07, 6.45) is 7.60. The number of amides is 1. The van der Waals surface area contributed by atoms with Gasteiger partial charge in [0.2, 0.25) is 0 Å². The van der Waals surface area contributed by atoms with Crippen LogP contribution in [-0.2, 0) is 0 Å². The molecular formula is C20H19N5OS. The Morgan fingerprint density at radius 3 is 3.00 bits per heavy atom. The molecule has 136 valence electrons. The lowest BCUT2D eigenvalue weighted by molar-refractivity contribution is 0.0988. The molecule has 6 nitrogen and oxygen atoms in total. The molecule has 27 heavy (non-hydrogen) atoms. The van der Waals surface area contributed by atoms with Crippen molar-refractivity contribution in [3.8, 4) is 0 Å². The zero-order valence-corrected chi connectivity index (χ0v) is 15.8. The van der Waals surface area contributed by atoms with Crippen molar-refractivity contribution in [1.82, 2.24) is 15.0 Å². The first-order valence-corrected chi connectivity index (χ1v) is 10.3. The fourth-order valence-electron chi connectivity index (χ4n) is 4.10. The Labute approximate surface area is 161 Å². The highest BCUT2D eigenvalue weighted by Crippen LogP contribution is 2.36. The summed E-state index contributed by atoms with van der Waals surface area (Å²) in [6, 6.07) is 10.2. The van der Waals surface area contributed by atoms with Crippen LogP contribution in [0.15, 0.2) is 47.9 Å². The number of thioether (sulfide) groups is 1. The van der Waals surface area contributed by atoms with Crippen molar-refractivity contribution in [3.63, 3.8) is 0 Å². The van der Waals surface area contributed by atoms with Crippen LogP contribution in [0.4, 0.5) is 11.5 Å². The Balaban J connectivity index is 1.69. The lowest BCUT2D eigenvalue weighted by Gasteiger charge is -2.27. The second-order valence-electron chi connectivity index (χ2n) is 6.85. The van der Waals surface area contributed by atoms with Crippen molar-refractivity contribution < 1.29 is 4.79 Å². The van der Waals surface area contributed by atoms with Gasteiger partial charge in [-0.2, -0.15) is 0 Å². The number of anilines is 2. The molecule has 7 heteroatoms. The van der Waals surface area contributed by atoms with Gasteiger partial charge in [-0.25, -0.2) is 9.97 Å². The fraction of sp³-hybridized carbons (Fsp3) is 0.300. The van der Waals surface area contributed by atoms with E-state index in [1.54, 1.807) is 12.4 Å². The minimum atomic E-state index is -0.0385. The maximum atomic E-state index is 13.5. The first-order valence-electron chi connectivity index (χ1n) is 9.09. The number of pyridine rings is 1. The van der Waals surface area contributed by atoms with E-state index in [1.807, 2.05) is 41.5 Å². The maximum Gasteiger partial charge on any atom is 0.263 e. The van der Waals surface area contributed by atoms with Gasteiger partial charge in [0, 0.05) is 36.9 Å². The molecule has 2 aliphatic heterocycles. The van der Waals surface area contributed by atoms with Gasteiger partial charge in [-0.3, -0.25) is 9.78 Å². The largest absolute Gasteiger partial charge is 0.351 e. The van der Waals surface area contributed by atoms with Gasteiger partial charge in [0.05, 0.1) is 11.2 Å². The number of rotatable bonds is 2. The molecule has 1 atom stereocenters. The average Bonchev–Trinajstić information content (AvgIpc) is 3.15. The number of aromatic nitrogens is 3. The first kappa shape index (κ1) is 16.5. The number of carbonyl (C=O) groups is 1. The van der Waals surface area contributed by atoms with Crippen molar-refractivity contribution in [2.75, 3.05) is 29.1 Å². The molecule has 4 heterocycles. The van der Waals surface area contributed by atoms with Crippen LogP contribution < -0.4 is 9.80 Å². The minimum absolute atomic E-state index is 0.0385. The second kappa shape index (κ2) is 6.49. The van der Waals surface area contributed by atoms with E-state index < -0.39 is 0 Å². The van der Waals surface area contributed by atoms with Crippen LogP contribution >= 0.6 is 11.8 Å². The molecule has 0 N–H and O–H groups in total. The third-order valence-corrected chi connectivity index (χ3v) is 5.92. The Morgan fingerprint density at radius 2 is 2.11 bits per heavy atom. The van der Waals surface area contributed by atoms with Crippen molar-refractivity contribution in [2.45, 2.75) is 24.0 Å². The number of carbonyl (C=O) groups excluding carboxylic acids is 1. The molecule has 1 saturated heterocycles. The topological polar surface area (TPSA) is 62.2 Å². The summed E-state index contributed by atoms with van der Waals surface area (Å²) in [5, 5.41) is 1.69. The van der Waals surface area contributed by atoms with Gasteiger partial charge in [0.25, 0.3) is 5.91 Å². The summed E-state index contributed by atoms with van der Waals surface area (Å²) < 4.78 is 0. The zero-order valence-electron chi connectivity index (χ0n) is 15.0. The van der Waals surface area contributed by atoms with Gasteiger partial charge in [-0.15, -0.1) is 0 Å². The molecule has 1 aromatic carbocycles. The maximum absolute atomic E-state index is 13.5. The Morgan fingerprint density at radius 1 is 1.19 bits per heavy atom. The lowest BCUT2D eigenvalue weighted by atomic mass is 10.1. The number of nitrogens with zero attached hydrogens (tertiary/aromatic N) is 5. The van der Waals surface area contributed by atoms with Crippen LogP contribution in [0.3, 0.4) is 0 Å². The molecule has 1 fully saturated rings. The molecular weight excluding hydrogens is 358 g/mol. The smallest absolute Gasteiger partial charge is 0.263 e. The fourth-order valence-corrected chi connectivity index (χ4v) is 4.43. The van der Waals surface area contributed by atoms with E-state index in [2.05, 4.69) is 14.9 Å². The third-order valence-electron chi connectivity index (χ3n) is 5.36. The Bertz CT molecular complexity index is 1030. The first-order chi connectivity index (χ1) is 13.3. The summed E-state index contributed by atoms with van der Waals surface area (Å²) in [4.78, 5) is 31.2. The van der Waals surface area contributed by atoms with Crippen LogP contribution in [0.2, 0.25) is 0 Å². The Hall–Kier alpha value is -2.67. The van der Waals surface area contributed by atoms with Crippen LogP contribution in [0.1, 0.15) is 23.2 Å². The standard InChI is InChI=1S/C20H19N5OS/c1-27-20-22-11-15-18(23-20)24-10-4-5-13(24)12-25(19(15)26)17-8-2-7-16-14(17)6-3-9-21-16/h2-3,6-9,11,13H,4-5,10,12H2,1H3/t13-/m0/s1. The summed E-state index contributed by atoms with van der Waals surface area (Å²) in [6.45, 7) is 1.58. The van der Waals surface area contributed by atoms with Gasteiger partial charge in [-0.1, -0.05) is 17.8 Å². The molecule has 0 unspecified atom stereocenters. The molecule has 3 aromatic rings. The van der Waals surface area contributed by atoms with Crippen LogP contribution in [0.5, 0.6) is 0 Å². The molecule has 1 amide bonds.